The number of hydrazone groups is 1. The topological polar surface area (TPSA) is 113 Å². The first-order valence-corrected chi connectivity index (χ1v) is 12.3. The summed E-state index contributed by atoms with van der Waals surface area (Å²) in [5.41, 5.74) is 2.84. The minimum Gasteiger partial charge on any atom is -0.383 e. The van der Waals surface area contributed by atoms with Crippen molar-refractivity contribution in [3.63, 3.8) is 0 Å². The van der Waals surface area contributed by atoms with E-state index in [9.17, 15) is 17.6 Å². The van der Waals surface area contributed by atoms with Gasteiger partial charge in [-0.1, -0.05) is 12.1 Å². The molecule has 0 fully saturated rings. The van der Waals surface area contributed by atoms with Gasteiger partial charge < -0.3 is 15.0 Å². The minimum atomic E-state index is -4.57. The number of methoxy groups -OCH3 is 1. The largest absolute Gasteiger partial charge is 0.417 e. The molecule has 3 aromatic rings. The molecule has 40 heavy (non-hydrogen) atoms. The maximum Gasteiger partial charge on any atom is 0.417 e. The maximum atomic E-state index is 14.2. The van der Waals surface area contributed by atoms with Gasteiger partial charge in [-0.3, -0.25) is 4.99 Å². The summed E-state index contributed by atoms with van der Waals surface area (Å²) in [4.78, 5) is 21.9. The fourth-order valence-electron chi connectivity index (χ4n) is 3.87. The van der Waals surface area contributed by atoms with Crippen LogP contribution in [0, 0.1) is 5.82 Å². The smallest absolute Gasteiger partial charge is 0.383 e. The molecule has 10 nitrogen and oxygen atoms in total. The van der Waals surface area contributed by atoms with E-state index >= 15 is 0 Å². The van der Waals surface area contributed by atoms with Crippen LogP contribution in [0.3, 0.4) is 0 Å². The molecular weight excluding hydrogens is 530 g/mol. The Kier molecular flexibility index (Phi) is 9.32. The number of aromatic nitrogens is 4. The Labute approximate surface area is 228 Å². The van der Waals surface area contributed by atoms with Crippen LogP contribution in [0.5, 0.6) is 0 Å². The molecule has 1 unspecified atom stereocenters. The number of alkyl halides is 3. The first-order chi connectivity index (χ1) is 19.3. The van der Waals surface area contributed by atoms with Crippen LogP contribution in [0.4, 0.5) is 35.0 Å². The number of dihydropyridines is 1. The molecule has 0 saturated heterocycles. The average molecular weight is 558 g/mol. The van der Waals surface area contributed by atoms with E-state index in [2.05, 4.69) is 40.8 Å². The predicted molar refractivity (Wildman–Crippen MR) is 145 cm³/mol. The van der Waals surface area contributed by atoms with Gasteiger partial charge in [0.15, 0.2) is 11.6 Å². The number of allylic oxidation sites excluding steroid dienone is 1. The number of benzene rings is 1. The SMILES string of the molecule is CCN(CCOC)c1nc(N/N=C/C2=NCC(Nc3ccc(-c4ccncn4)c(C(F)(F)F)c3)C=C2)ncc1F. The zero-order valence-corrected chi connectivity index (χ0v) is 21.7. The van der Waals surface area contributed by atoms with Gasteiger partial charge in [-0.05, 0) is 31.2 Å². The van der Waals surface area contributed by atoms with Crippen molar-refractivity contribution in [2.45, 2.75) is 19.1 Å². The van der Waals surface area contributed by atoms with Crippen molar-refractivity contribution < 1.29 is 22.3 Å². The number of ether oxygens (including phenoxy) is 1. The van der Waals surface area contributed by atoms with Crippen LogP contribution in [-0.2, 0) is 10.9 Å². The number of nitrogens with one attached hydrogen (secondary N) is 2. The fraction of sp³-hybridized carbons (Fsp3) is 0.308. The molecule has 0 saturated carbocycles. The molecule has 1 aliphatic heterocycles. The summed E-state index contributed by atoms with van der Waals surface area (Å²) in [5, 5.41) is 7.13. The first-order valence-electron chi connectivity index (χ1n) is 12.3. The van der Waals surface area contributed by atoms with E-state index < -0.39 is 17.6 Å². The van der Waals surface area contributed by atoms with Gasteiger partial charge in [-0.25, -0.2) is 24.8 Å². The third-order valence-electron chi connectivity index (χ3n) is 5.84. The van der Waals surface area contributed by atoms with Gasteiger partial charge in [-0.2, -0.15) is 23.3 Å². The average Bonchev–Trinajstić information content (AvgIpc) is 2.96. The van der Waals surface area contributed by atoms with Crippen LogP contribution < -0.4 is 15.6 Å². The second-order valence-corrected chi connectivity index (χ2v) is 8.54. The number of nitrogens with zero attached hydrogens (tertiary/aromatic N) is 7. The molecule has 1 aromatic carbocycles. The molecule has 1 atom stereocenters. The molecule has 2 aromatic heterocycles. The van der Waals surface area contributed by atoms with Gasteiger partial charge >= 0.3 is 6.18 Å². The lowest BCUT2D eigenvalue weighted by atomic mass is 10.0. The predicted octanol–water partition coefficient (Wildman–Crippen LogP) is 4.45. The summed E-state index contributed by atoms with van der Waals surface area (Å²) in [7, 11) is 1.57. The lowest BCUT2D eigenvalue weighted by molar-refractivity contribution is -0.137. The van der Waals surface area contributed by atoms with Crippen molar-refractivity contribution in [3.8, 4) is 11.3 Å². The highest BCUT2D eigenvalue weighted by molar-refractivity contribution is 6.36. The summed E-state index contributed by atoms with van der Waals surface area (Å²) in [5.74, 6) is -0.319. The standard InChI is InChI=1S/C26H27F4N9O/c1-3-39(10-11-40-2)24-22(27)15-33-25(37-24)38-35-14-18-4-5-19(13-32-18)36-17-6-7-20(21(12-17)26(28,29)30)23-8-9-31-16-34-23/h4-9,12,14-16,19,36H,3,10-11,13H2,1-2H3,(H,33,37,38)/b35-14+. The molecule has 2 N–H and O–H groups in total. The van der Waals surface area contributed by atoms with Crippen LogP contribution in [0.15, 0.2) is 65.2 Å². The Bertz CT molecular complexity index is 1380. The highest BCUT2D eigenvalue weighted by atomic mass is 19.4. The quantitative estimate of drug-likeness (QED) is 0.202. The zero-order chi connectivity index (χ0) is 28.5. The Morgan fingerprint density at radius 1 is 1.23 bits per heavy atom. The second kappa shape index (κ2) is 13.1. The number of anilines is 3. The second-order valence-electron chi connectivity index (χ2n) is 8.54. The molecule has 4 rings (SSSR count). The molecule has 0 amide bonds. The summed E-state index contributed by atoms with van der Waals surface area (Å²) in [6.07, 6.45) is 4.01. The molecule has 14 heteroatoms. The fourth-order valence-corrected chi connectivity index (χ4v) is 3.87. The Morgan fingerprint density at radius 3 is 2.75 bits per heavy atom. The van der Waals surface area contributed by atoms with Gasteiger partial charge in [0.1, 0.15) is 6.33 Å². The van der Waals surface area contributed by atoms with E-state index in [0.29, 0.717) is 31.1 Å². The summed E-state index contributed by atoms with van der Waals surface area (Å²) >= 11 is 0. The third kappa shape index (κ3) is 7.34. The normalized spacial score (nSPS) is 15.2. The molecule has 1 aliphatic rings. The summed E-state index contributed by atoms with van der Waals surface area (Å²) in [6.45, 7) is 3.56. The van der Waals surface area contributed by atoms with Gasteiger partial charge in [0.2, 0.25) is 5.95 Å². The highest BCUT2D eigenvalue weighted by Crippen LogP contribution is 2.38. The van der Waals surface area contributed by atoms with Crippen molar-refractivity contribution >= 4 is 29.4 Å². The third-order valence-corrected chi connectivity index (χ3v) is 5.84. The van der Waals surface area contributed by atoms with Crippen molar-refractivity contribution in [1.29, 1.82) is 0 Å². The first kappa shape index (κ1) is 28.5. The van der Waals surface area contributed by atoms with Crippen LogP contribution in [-0.4, -0.2) is 71.3 Å². The summed E-state index contributed by atoms with van der Waals surface area (Å²) in [6, 6.07) is 5.11. The van der Waals surface area contributed by atoms with Crippen molar-refractivity contribution in [3.05, 3.63) is 66.5 Å². The van der Waals surface area contributed by atoms with E-state index in [1.54, 1.807) is 30.2 Å². The van der Waals surface area contributed by atoms with Gasteiger partial charge in [0, 0.05) is 37.6 Å². The van der Waals surface area contributed by atoms with E-state index in [4.69, 9.17) is 4.74 Å². The molecule has 0 bridgehead atoms. The molecule has 0 spiro atoms. The molecule has 3 heterocycles. The molecular formula is C26H27F4N9O. The van der Waals surface area contributed by atoms with Crippen LogP contribution in [0.25, 0.3) is 11.3 Å². The van der Waals surface area contributed by atoms with E-state index in [0.717, 1.165) is 12.3 Å². The number of halogens is 4. The number of rotatable bonds is 11. The summed E-state index contributed by atoms with van der Waals surface area (Å²) < 4.78 is 60.6. The van der Waals surface area contributed by atoms with Gasteiger partial charge in [0.05, 0.1) is 48.6 Å². The van der Waals surface area contributed by atoms with E-state index in [1.807, 2.05) is 6.92 Å². The van der Waals surface area contributed by atoms with E-state index in [-0.39, 0.29) is 35.6 Å². The Hall–Kier alpha value is -4.46. The number of hydrogen-bond donors (Lipinski definition) is 2. The minimum absolute atomic E-state index is 0.0294. The van der Waals surface area contributed by atoms with Crippen molar-refractivity contribution in [2.24, 2.45) is 10.1 Å². The highest BCUT2D eigenvalue weighted by Gasteiger charge is 2.34. The Balaban J connectivity index is 1.37. The lowest BCUT2D eigenvalue weighted by Gasteiger charge is -2.21. The number of aliphatic imine (C=N–C) groups is 1. The van der Waals surface area contributed by atoms with Crippen LogP contribution >= 0.6 is 0 Å². The monoisotopic (exact) mass is 557 g/mol. The van der Waals surface area contributed by atoms with Gasteiger partial charge in [-0.15, -0.1) is 0 Å². The van der Waals surface area contributed by atoms with Crippen LogP contribution in [0.1, 0.15) is 12.5 Å². The lowest BCUT2D eigenvalue weighted by Crippen LogP contribution is -2.29. The number of likely N-dealkylation sites (N-methyl/N-ethyl adjacent to an activating group) is 1. The van der Waals surface area contributed by atoms with Crippen LogP contribution in [0.2, 0.25) is 0 Å². The molecule has 0 radical (unpaired) electrons. The Morgan fingerprint density at radius 2 is 2.08 bits per heavy atom. The van der Waals surface area contributed by atoms with Crippen molar-refractivity contribution in [1.82, 2.24) is 19.9 Å². The van der Waals surface area contributed by atoms with Crippen molar-refractivity contribution in [2.75, 3.05) is 49.0 Å². The molecule has 0 aliphatic carbocycles. The van der Waals surface area contributed by atoms with Gasteiger partial charge in [0.25, 0.3) is 0 Å². The zero-order valence-electron chi connectivity index (χ0n) is 21.7. The molecule has 210 valence electrons. The van der Waals surface area contributed by atoms with E-state index in [1.165, 1.54) is 30.9 Å². The maximum absolute atomic E-state index is 14.2. The number of hydrogen-bond acceptors (Lipinski definition) is 10.